The van der Waals surface area contributed by atoms with E-state index in [1.807, 2.05) is 18.2 Å². The summed E-state index contributed by atoms with van der Waals surface area (Å²) >= 11 is 0. The average molecular weight is 640 g/mol. The van der Waals surface area contributed by atoms with Gasteiger partial charge in [0.05, 0.1) is 27.8 Å². The number of nitrogens with zero attached hydrogens (tertiary/aromatic N) is 5. The molecule has 7 aromatic carbocycles. The van der Waals surface area contributed by atoms with Gasteiger partial charge >= 0.3 is 0 Å². The van der Waals surface area contributed by atoms with Crippen molar-refractivity contribution in [2.75, 3.05) is 0 Å². The topological polar surface area (TPSA) is 48.5 Å². The molecule has 0 fully saturated rings. The fourth-order valence-electron chi connectivity index (χ4n) is 7.35. The van der Waals surface area contributed by atoms with Crippen molar-refractivity contribution < 1.29 is 0 Å². The molecule has 10 aromatic rings. The van der Waals surface area contributed by atoms with Crippen molar-refractivity contribution in [3.8, 4) is 45.5 Å². The van der Waals surface area contributed by atoms with Crippen LogP contribution in [-0.4, -0.2) is 24.1 Å². The zero-order valence-corrected chi connectivity index (χ0v) is 27.0. The molecule has 3 aromatic heterocycles. The molecular weight excluding hydrogens is 611 g/mol. The molecule has 234 valence electrons. The highest BCUT2D eigenvalue weighted by molar-refractivity contribution is 6.10. The number of para-hydroxylation sites is 4. The van der Waals surface area contributed by atoms with Gasteiger partial charge in [-0.1, -0.05) is 146 Å². The van der Waals surface area contributed by atoms with E-state index in [4.69, 9.17) is 15.0 Å². The van der Waals surface area contributed by atoms with E-state index in [0.717, 1.165) is 60.8 Å². The molecule has 5 heteroatoms. The highest BCUT2D eigenvalue weighted by atomic mass is 15.2. The Morgan fingerprint density at radius 1 is 0.320 bits per heavy atom. The Morgan fingerprint density at radius 3 is 1.26 bits per heavy atom. The van der Waals surface area contributed by atoms with E-state index in [1.54, 1.807) is 0 Å². The number of fused-ring (bicyclic) bond motifs is 6. The number of benzene rings is 7. The molecule has 3 heterocycles. The van der Waals surface area contributed by atoms with Crippen LogP contribution >= 0.6 is 0 Å². The lowest BCUT2D eigenvalue weighted by Crippen LogP contribution is -2.07. The third-order valence-corrected chi connectivity index (χ3v) is 9.60. The largest absolute Gasteiger partial charge is 0.309 e. The zero-order chi connectivity index (χ0) is 33.0. The Bertz CT molecular complexity index is 2760. The second-order valence-electron chi connectivity index (χ2n) is 12.5. The molecule has 0 aliphatic carbocycles. The molecule has 0 N–H and O–H groups in total. The molecule has 0 atom stereocenters. The van der Waals surface area contributed by atoms with E-state index >= 15 is 0 Å². The lowest BCUT2D eigenvalue weighted by Gasteiger charge is -2.16. The molecule has 0 bridgehead atoms. The number of hydrogen-bond acceptors (Lipinski definition) is 3. The van der Waals surface area contributed by atoms with Gasteiger partial charge < -0.3 is 4.57 Å². The number of aromatic nitrogens is 5. The van der Waals surface area contributed by atoms with Gasteiger partial charge in [-0.25, -0.2) is 4.98 Å². The Hall–Kier alpha value is -6.85. The first-order chi connectivity index (χ1) is 24.8. The van der Waals surface area contributed by atoms with Crippen LogP contribution in [0.15, 0.2) is 176 Å². The van der Waals surface area contributed by atoms with Crippen LogP contribution in [0.2, 0.25) is 0 Å². The summed E-state index contributed by atoms with van der Waals surface area (Å²) in [5.74, 6) is 1.81. The quantitative estimate of drug-likeness (QED) is 0.188. The molecule has 0 saturated heterocycles. The minimum absolute atomic E-state index is 0.580. The van der Waals surface area contributed by atoms with E-state index in [2.05, 4.69) is 167 Å². The minimum atomic E-state index is 0.580. The summed E-state index contributed by atoms with van der Waals surface area (Å²) in [5, 5.41) is 4.75. The molecule has 0 amide bonds. The molecule has 50 heavy (non-hydrogen) atoms. The molecule has 0 radical (unpaired) electrons. The summed E-state index contributed by atoms with van der Waals surface area (Å²) in [6.45, 7) is 0. The van der Waals surface area contributed by atoms with E-state index in [0.29, 0.717) is 17.6 Å². The third kappa shape index (κ3) is 4.45. The highest BCUT2D eigenvalue weighted by Crippen LogP contribution is 2.38. The average Bonchev–Trinajstić information content (AvgIpc) is 3.71. The second kappa shape index (κ2) is 11.4. The van der Waals surface area contributed by atoms with E-state index in [9.17, 15) is 0 Å². The van der Waals surface area contributed by atoms with Crippen molar-refractivity contribution in [1.82, 2.24) is 24.1 Å². The summed E-state index contributed by atoms with van der Waals surface area (Å²) < 4.78 is 4.54. The Balaban J connectivity index is 1.27. The van der Waals surface area contributed by atoms with Crippen LogP contribution in [0.5, 0.6) is 0 Å². The van der Waals surface area contributed by atoms with E-state index in [1.165, 1.54) is 10.8 Å². The predicted molar refractivity (Wildman–Crippen MR) is 205 cm³/mol. The van der Waals surface area contributed by atoms with Crippen LogP contribution < -0.4 is 0 Å². The van der Waals surface area contributed by atoms with Gasteiger partial charge in [-0.05, 0) is 35.9 Å². The van der Waals surface area contributed by atoms with E-state index in [-0.39, 0.29) is 0 Å². The van der Waals surface area contributed by atoms with Crippen LogP contribution in [0.1, 0.15) is 0 Å². The summed E-state index contributed by atoms with van der Waals surface area (Å²) in [6, 6.07) is 61.5. The minimum Gasteiger partial charge on any atom is -0.309 e. The van der Waals surface area contributed by atoms with Gasteiger partial charge in [-0.3, -0.25) is 4.57 Å². The van der Waals surface area contributed by atoms with Gasteiger partial charge in [0.1, 0.15) is 0 Å². The lowest BCUT2D eigenvalue weighted by molar-refractivity contribution is 0.953. The standard InChI is InChI=1S/C45H29N5/c1-3-15-30(16-4-1)33-28-27-32(29-42(33)49-38-23-11-7-19-34(38)35-20-8-12-24-39(35)49)44-46-43(31-17-5-2-6-18-31)47-45(48-44)50-40-25-13-9-21-36(40)37-22-10-14-26-41(37)50/h1-29H. The molecule has 10 rings (SSSR count). The van der Waals surface area contributed by atoms with Crippen LogP contribution in [0, 0.1) is 0 Å². The molecule has 0 spiro atoms. The van der Waals surface area contributed by atoms with Crippen molar-refractivity contribution in [2.24, 2.45) is 0 Å². The summed E-state index contributed by atoms with van der Waals surface area (Å²) in [5.41, 5.74) is 9.56. The first-order valence-corrected chi connectivity index (χ1v) is 16.8. The van der Waals surface area contributed by atoms with Crippen molar-refractivity contribution >= 4 is 43.6 Å². The van der Waals surface area contributed by atoms with Gasteiger partial charge in [0.15, 0.2) is 11.6 Å². The van der Waals surface area contributed by atoms with Gasteiger partial charge in [0.2, 0.25) is 5.95 Å². The Morgan fingerprint density at radius 2 is 0.740 bits per heavy atom. The fraction of sp³-hybridized carbons (Fsp3) is 0. The first-order valence-electron chi connectivity index (χ1n) is 16.8. The molecular formula is C45H29N5. The smallest absolute Gasteiger partial charge is 0.238 e. The Labute approximate surface area is 288 Å². The highest BCUT2D eigenvalue weighted by Gasteiger charge is 2.20. The Kier molecular flexibility index (Phi) is 6.42. The van der Waals surface area contributed by atoms with E-state index < -0.39 is 0 Å². The maximum absolute atomic E-state index is 5.25. The fourth-order valence-corrected chi connectivity index (χ4v) is 7.35. The SMILES string of the molecule is c1ccc(-c2nc(-c3ccc(-c4ccccc4)c(-n4c5ccccc5c5ccccc54)c3)nc(-n3c4ccccc4c4ccccc43)n2)cc1. The molecule has 0 aliphatic heterocycles. The molecule has 0 aliphatic rings. The molecule has 5 nitrogen and oxygen atoms in total. The normalized spacial score (nSPS) is 11.6. The summed E-state index contributed by atoms with van der Waals surface area (Å²) in [6.07, 6.45) is 0. The van der Waals surface area contributed by atoms with Crippen molar-refractivity contribution in [1.29, 1.82) is 0 Å². The maximum Gasteiger partial charge on any atom is 0.238 e. The number of hydrogen-bond donors (Lipinski definition) is 0. The van der Waals surface area contributed by atoms with Crippen molar-refractivity contribution in [3.63, 3.8) is 0 Å². The first kappa shape index (κ1) is 28.2. The van der Waals surface area contributed by atoms with Crippen LogP contribution in [0.3, 0.4) is 0 Å². The van der Waals surface area contributed by atoms with Crippen molar-refractivity contribution in [2.45, 2.75) is 0 Å². The summed E-state index contributed by atoms with van der Waals surface area (Å²) in [4.78, 5) is 15.5. The van der Waals surface area contributed by atoms with Crippen LogP contribution in [0.25, 0.3) is 89.2 Å². The van der Waals surface area contributed by atoms with Crippen molar-refractivity contribution in [3.05, 3.63) is 176 Å². The third-order valence-electron chi connectivity index (χ3n) is 9.60. The zero-order valence-electron chi connectivity index (χ0n) is 27.0. The predicted octanol–water partition coefficient (Wildman–Crippen LogP) is 11.1. The van der Waals surface area contributed by atoms with Gasteiger partial charge in [0, 0.05) is 38.2 Å². The van der Waals surface area contributed by atoms with Crippen LogP contribution in [0.4, 0.5) is 0 Å². The molecule has 0 saturated carbocycles. The summed E-state index contributed by atoms with van der Waals surface area (Å²) in [7, 11) is 0. The van der Waals surface area contributed by atoms with Gasteiger partial charge in [0.25, 0.3) is 0 Å². The molecule has 0 unspecified atom stereocenters. The van der Waals surface area contributed by atoms with Gasteiger partial charge in [-0.15, -0.1) is 0 Å². The second-order valence-corrected chi connectivity index (χ2v) is 12.5. The maximum atomic E-state index is 5.25. The number of rotatable bonds is 5. The van der Waals surface area contributed by atoms with Crippen LogP contribution in [-0.2, 0) is 0 Å². The monoisotopic (exact) mass is 639 g/mol. The lowest BCUT2D eigenvalue weighted by atomic mass is 10.0. The van der Waals surface area contributed by atoms with Gasteiger partial charge in [-0.2, -0.15) is 9.97 Å².